The molecule has 0 spiro atoms. The van der Waals surface area contributed by atoms with Gasteiger partial charge < -0.3 is 20.6 Å². The van der Waals surface area contributed by atoms with E-state index in [1.54, 1.807) is 6.08 Å². The molecule has 1 amide bonds. The van der Waals surface area contributed by atoms with Crippen molar-refractivity contribution in [3.8, 4) is 0 Å². The third kappa shape index (κ3) is 22.1. The minimum Gasteiger partial charge on any atom is -0.394 e. The smallest absolute Gasteiger partial charge is 0.249 e. The van der Waals surface area contributed by atoms with Crippen molar-refractivity contribution >= 4 is 5.91 Å². The zero-order valence-electron chi connectivity index (χ0n) is 23.6. The first-order valence-electron chi connectivity index (χ1n) is 15.2. The van der Waals surface area contributed by atoms with Gasteiger partial charge in [-0.15, -0.1) is 0 Å². The van der Waals surface area contributed by atoms with Gasteiger partial charge in [-0.2, -0.15) is 0 Å². The van der Waals surface area contributed by atoms with E-state index < -0.39 is 24.2 Å². The van der Waals surface area contributed by atoms with Crippen LogP contribution in [0, 0.1) is 0 Å². The van der Waals surface area contributed by atoms with E-state index in [2.05, 4.69) is 31.3 Å². The van der Waals surface area contributed by atoms with E-state index in [1.165, 1.54) is 83.5 Å². The lowest BCUT2D eigenvalue weighted by molar-refractivity contribution is -0.131. The highest BCUT2D eigenvalue weighted by Gasteiger charge is 2.22. The highest BCUT2D eigenvalue weighted by atomic mass is 16.3. The number of rotatable bonds is 26. The van der Waals surface area contributed by atoms with Crippen molar-refractivity contribution in [1.82, 2.24) is 5.32 Å². The summed E-state index contributed by atoms with van der Waals surface area (Å²) in [6, 6.07) is -0.806. The summed E-state index contributed by atoms with van der Waals surface area (Å²) in [4.78, 5) is 12.3. The van der Waals surface area contributed by atoms with Crippen molar-refractivity contribution in [1.29, 1.82) is 0 Å². The molecule has 5 nitrogen and oxygen atoms in total. The Labute approximate surface area is 222 Å². The van der Waals surface area contributed by atoms with Crippen LogP contribution < -0.4 is 5.32 Å². The number of carbonyl (C=O) groups is 1. The number of hydrogen-bond donors (Lipinski definition) is 4. The fourth-order valence-corrected chi connectivity index (χ4v) is 4.31. The van der Waals surface area contributed by atoms with Crippen molar-refractivity contribution in [3.05, 3.63) is 24.3 Å². The number of amides is 1. The van der Waals surface area contributed by atoms with Gasteiger partial charge in [0.05, 0.1) is 18.8 Å². The minimum absolute atomic E-state index is 0.375. The molecule has 212 valence electrons. The first kappa shape index (κ1) is 34.8. The maximum absolute atomic E-state index is 12.3. The molecule has 3 unspecified atom stereocenters. The van der Waals surface area contributed by atoms with Crippen LogP contribution in [0.25, 0.3) is 0 Å². The summed E-state index contributed by atoms with van der Waals surface area (Å²) in [5, 5.41) is 32.6. The van der Waals surface area contributed by atoms with E-state index in [-0.39, 0.29) is 6.61 Å². The Morgan fingerprint density at radius 3 is 1.69 bits per heavy atom. The topological polar surface area (TPSA) is 89.8 Å². The zero-order chi connectivity index (χ0) is 26.7. The highest BCUT2D eigenvalue weighted by Crippen LogP contribution is 2.12. The first-order valence-corrected chi connectivity index (χ1v) is 15.2. The lowest BCUT2D eigenvalue weighted by Crippen LogP contribution is -2.48. The summed E-state index contributed by atoms with van der Waals surface area (Å²) in [5.74, 6) is -0.519. The van der Waals surface area contributed by atoms with Gasteiger partial charge in [-0.1, -0.05) is 134 Å². The number of aliphatic hydroxyl groups is 3. The Balaban J connectivity index is 3.90. The summed E-state index contributed by atoms with van der Waals surface area (Å²) in [5.41, 5.74) is 0. The Hall–Kier alpha value is -1.17. The minimum atomic E-state index is -1.10. The van der Waals surface area contributed by atoms with Crippen LogP contribution in [-0.2, 0) is 4.79 Å². The standard InChI is InChI=1S/C31H59NO4/c1-3-5-7-9-11-13-14-15-16-18-19-21-23-25-29(34)28(27-33)32-31(36)30(35)26-24-22-20-17-12-10-8-6-4-2/h16,18,23,25,28-30,33-35H,3-15,17,19-22,24,26-27H2,1-2H3,(H,32,36)/b18-16+,25-23+. The quantitative estimate of drug-likeness (QED) is 0.0737. The maximum Gasteiger partial charge on any atom is 0.249 e. The number of hydrogen-bond acceptors (Lipinski definition) is 4. The second kappa shape index (κ2) is 26.9. The van der Waals surface area contributed by atoms with Crippen LogP contribution in [-0.4, -0.2) is 46.1 Å². The van der Waals surface area contributed by atoms with Crippen molar-refractivity contribution in [2.45, 2.75) is 161 Å². The van der Waals surface area contributed by atoms with Gasteiger partial charge in [0.1, 0.15) is 6.10 Å². The molecule has 0 aliphatic carbocycles. The normalized spacial score (nSPS) is 14.5. The van der Waals surface area contributed by atoms with E-state index in [1.807, 2.05) is 6.08 Å². The summed E-state index contributed by atoms with van der Waals surface area (Å²) in [7, 11) is 0. The molecule has 0 aromatic rings. The van der Waals surface area contributed by atoms with Crippen LogP contribution in [0.2, 0.25) is 0 Å². The largest absolute Gasteiger partial charge is 0.394 e. The SMILES string of the molecule is CCCCCCCCC/C=C/CC/C=C/C(O)C(CO)NC(=O)C(O)CCCCCCCCCCC. The molecule has 0 radical (unpaired) electrons. The zero-order valence-corrected chi connectivity index (χ0v) is 23.6. The summed E-state index contributed by atoms with van der Waals surface area (Å²) >= 11 is 0. The lowest BCUT2D eigenvalue weighted by atomic mass is 10.0. The van der Waals surface area contributed by atoms with Crippen molar-refractivity contribution < 1.29 is 20.1 Å². The predicted molar refractivity (Wildman–Crippen MR) is 153 cm³/mol. The molecular formula is C31H59NO4. The van der Waals surface area contributed by atoms with E-state index in [4.69, 9.17) is 0 Å². The highest BCUT2D eigenvalue weighted by molar-refractivity contribution is 5.80. The van der Waals surface area contributed by atoms with Crippen molar-refractivity contribution in [2.24, 2.45) is 0 Å². The number of unbranched alkanes of at least 4 members (excludes halogenated alkanes) is 16. The van der Waals surface area contributed by atoms with E-state index in [9.17, 15) is 20.1 Å². The molecule has 0 aliphatic rings. The molecule has 0 bridgehead atoms. The lowest BCUT2D eigenvalue weighted by Gasteiger charge is -2.21. The molecule has 0 fully saturated rings. The second-order valence-corrected chi connectivity index (χ2v) is 10.3. The predicted octanol–water partition coefficient (Wildman–Crippen LogP) is 7.14. The van der Waals surface area contributed by atoms with Gasteiger partial charge in [-0.3, -0.25) is 4.79 Å². The van der Waals surface area contributed by atoms with Gasteiger partial charge in [0, 0.05) is 0 Å². The van der Waals surface area contributed by atoms with Crippen molar-refractivity contribution in [2.75, 3.05) is 6.61 Å². The fourth-order valence-electron chi connectivity index (χ4n) is 4.31. The monoisotopic (exact) mass is 509 g/mol. The average Bonchev–Trinajstić information content (AvgIpc) is 2.88. The van der Waals surface area contributed by atoms with Gasteiger partial charge in [0.25, 0.3) is 0 Å². The van der Waals surface area contributed by atoms with Gasteiger partial charge >= 0.3 is 0 Å². The molecule has 36 heavy (non-hydrogen) atoms. The molecule has 0 saturated carbocycles. The molecule has 0 aromatic carbocycles. The Morgan fingerprint density at radius 2 is 1.14 bits per heavy atom. The first-order chi connectivity index (χ1) is 17.6. The van der Waals surface area contributed by atoms with Crippen molar-refractivity contribution in [3.63, 3.8) is 0 Å². The van der Waals surface area contributed by atoms with E-state index in [0.717, 1.165) is 38.5 Å². The average molecular weight is 510 g/mol. The van der Waals surface area contributed by atoms with Crippen LogP contribution in [0.1, 0.15) is 142 Å². The van der Waals surface area contributed by atoms with Crippen LogP contribution in [0.5, 0.6) is 0 Å². The Bertz CT molecular complexity index is 535. The summed E-state index contributed by atoms with van der Waals surface area (Å²) in [6.45, 7) is 4.09. The van der Waals surface area contributed by atoms with Crippen LogP contribution in [0.3, 0.4) is 0 Å². The van der Waals surface area contributed by atoms with Crippen LogP contribution in [0.4, 0.5) is 0 Å². The van der Waals surface area contributed by atoms with Crippen LogP contribution >= 0.6 is 0 Å². The molecule has 0 rings (SSSR count). The number of carbonyl (C=O) groups excluding carboxylic acids is 1. The van der Waals surface area contributed by atoms with E-state index in [0.29, 0.717) is 6.42 Å². The maximum atomic E-state index is 12.3. The third-order valence-corrected chi connectivity index (χ3v) is 6.79. The fraction of sp³-hybridized carbons (Fsp3) is 0.839. The van der Waals surface area contributed by atoms with Gasteiger partial charge in [0.15, 0.2) is 0 Å². The number of aliphatic hydroxyl groups excluding tert-OH is 3. The second-order valence-electron chi connectivity index (χ2n) is 10.3. The summed E-state index contributed by atoms with van der Waals surface area (Å²) in [6.07, 6.45) is 29.0. The van der Waals surface area contributed by atoms with Gasteiger partial charge in [-0.25, -0.2) is 0 Å². The number of allylic oxidation sites excluding steroid dienone is 3. The molecule has 0 heterocycles. The van der Waals surface area contributed by atoms with Gasteiger partial charge in [-0.05, 0) is 32.1 Å². The molecule has 0 aliphatic heterocycles. The molecule has 4 N–H and O–H groups in total. The molecule has 5 heteroatoms. The number of nitrogens with one attached hydrogen (secondary N) is 1. The Morgan fingerprint density at radius 1 is 0.667 bits per heavy atom. The molecular weight excluding hydrogens is 450 g/mol. The van der Waals surface area contributed by atoms with E-state index >= 15 is 0 Å². The molecule has 3 atom stereocenters. The summed E-state index contributed by atoms with van der Waals surface area (Å²) < 4.78 is 0. The third-order valence-electron chi connectivity index (χ3n) is 6.79. The van der Waals surface area contributed by atoms with Crippen LogP contribution in [0.15, 0.2) is 24.3 Å². The Kier molecular flexibility index (Phi) is 26.0. The molecule has 0 saturated heterocycles. The molecule has 0 aromatic heterocycles. The van der Waals surface area contributed by atoms with Gasteiger partial charge in [0.2, 0.25) is 5.91 Å².